The quantitative estimate of drug-likeness (QED) is 0.463. The highest BCUT2D eigenvalue weighted by Gasteiger charge is 2.16. The number of carbonyl (C=O) groups is 1. The van der Waals surface area contributed by atoms with Gasteiger partial charge in [0.25, 0.3) is 11.5 Å². The van der Waals surface area contributed by atoms with Crippen LogP contribution in [0.3, 0.4) is 0 Å². The number of amides is 1. The van der Waals surface area contributed by atoms with Crippen LogP contribution in [0.25, 0.3) is 16.9 Å². The number of thiazole rings is 1. The van der Waals surface area contributed by atoms with Gasteiger partial charge >= 0.3 is 6.61 Å². The molecule has 4 aromatic rings. The minimum atomic E-state index is -2.89. The Balaban J connectivity index is 1.54. The highest BCUT2D eigenvalue weighted by atomic mass is 32.1. The van der Waals surface area contributed by atoms with E-state index in [1.54, 1.807) is 36.4 Å². The molecule has 4 rings (SSSR count). The zero-order valence-corrected chi connectivity index (χ0v) is 17.5. The highest BCUT2D eigenvalue weighted by molar-refractivity contribution is 7.16. The molecule has 1 N–H and O–H groups in total. The van der Waals surface area contributed by atoms with Crippen LogP contribution in [0.15, 0.2) is 71.5 Å². The Morgan fingerprint density at radius 1 is 1.06 bits per heavy atom. The van der Waals surface area contributed by atoms with Crippen LogP contribution in [-0.2, 0) is 0 Å². The second-order valence-electron chi connectivity index (χ2n) is 6.58. The molecule has 0 unspecified atom stereocenters. The van der Waals surface area contributed by atoms with E-state index in [9.17, 15) is 18.4 Å². The van der Waals surface area contributed by atoms with Crippen LogP contribution in [0.4, 0.5) is 13.9 Å². The summed E-state index contributed by atoms with van der Waals surface area (Å²) in [5.41, 5.74) is 1.53. The van der Waals surface area contributed by atoms with Crippen LogP contribution in [0.2, 0.25) is 0 Å². The van der Waals surface area contributed by atoms with Crippen molar-refractivity contribution >= 4 is 22.4 Å². The Kier molecular flexibility index (Phi) is 6.04. The van der Waals surface area contributed by atoms with E-state index >= 15 is 0 Å². The highest BCUT2D eigenvalue weighted by Crippen LogP contribution is 2.31. The topological polar surface area (TPSA) is 86.1 Å². The number of anilines is 1. The van der Waals surface area contributed by atoms with Gasteiger partial charge in [-0.2, -0.15) is 18.6 Å². The summed E-state index contributed by atoms with van der Waals surface area (Å²) in [6.07, 6.45) is 0. The first-order valence-corrected chi connectivity index (χ1v) is 10.2. The predicted molar refractivity (Wildman–Crippen MR) is 117 cm³/mol. The molecule has 7 nitrogen and oxygen atoms in total. The smallest absolute Gasteiger partial charge is 0.387 e. The van der Waals surface area contributed by atoms with Crippen LogP contribution < -0.4 is 15.6 Å². The molecule has 0 fully saturated rings. The number of nitrogens with zero attached hydrogens (tertiary/aromatic N) is 3. The predicted octanol–water partition coefficient (Wildman–Crippen LogP) is 4.52. The SMILES string of the molecule is Cc1sc(NC(=O)c2ccc(=O)n(-c3ccccc3)n2)nc1-c1ccc(OC(F)F)cc1. The van der Waals surface area contributed by atoms with Crippen LogP contribution in [-0.4, -0.2) is 27.3 Å². The van der Waals surface area contributed by atoms with E-state index in [4.69, 9.17) is 0 Å². The normalized spacial score (nSPS) is 10.9. The summed E-state index contributed by atoms with van der Waals surface area (Å²) in [6.45, 7) is -1.06. The fraction of sp³-hybridized carbons (Fsp3) is 0.0909. The Bertz CT molecular complexity index is 1310. The molecule has 0 radical (unpaired) electrons. The number of alkyl halides is 2. The third-order valence-electron chi connectivity index (χ3n) is 4.40. The van der Waals surface area contributed by atoms with Gasteiger partial charge in [0, 0.05) is 16.5 Å². The standard InChI is InChI=1S/C22H16F2N4O3S/c1-13-19(14-7-9-16(10-8-14)31-21(23)24)25-22(32-13)26-20(30)17-11-12-18(29)28(27-17)15-5-3-2-4-6-15/h2-12,21H,1H3,(H,25,26,30). The van der Waals surface area contributed by atoms with Gasteiger partial charge in [0.2, 0.25) is 0 Å². The Labute approximate surface area is 184 Å². The lowest BCUT2D eigenvalue weighted by Crippen LogP contribution is -2.24. The molecule has 32 heavy (non-hydrogen) atoms. The average Bonchev–Trinajstić information content (AvgIpc) is 3.14. The van der Waals surface area contributed by atoms with Crippen molar-refractivity contribution < 1.29 is 18.3 Å². The minimum absolute atomic E-state index is 0.0461. The zero-order valence-electron chi connectivity index (χ0n) is 16.7. The number of para-hydroxylation sites is 1. The number of hydrogen-bond donors (Lipinski definition) is 1. The van der Waals surface area contributed by atoms with Gasteiger partial charge in [-0.3, -0.25) is 14.9 Å². The second-order valence-corrected chi connectivity index (χ2v) is 7.79. The van der Waals surface area contributed by atoms with Crippen molar-refractivity contribution in [2.24, 2.45) is 0 Å². The Hall–Kier alpha value is -3.92. The average molecular weight is 454 g/mol. The molecule has 0 aliphatic heterocycles. The first-order chi connectivity index (χ1) is 15.4. The number of halogens is 2. The van der Waals surface area contributed by atoms with E-state index < -0.39 is 12.5 Å². The van der Waals surface area contributed by atoms with E-state index in [2.05, 4.69) is 20.1 Å². The monoisotopic (exact) mass is 454 g/mol. The summed E-state index contributed by atoms with van der Waals surface area (Å²) in [7, 11) is 0. The summed E-state index contributed by atoms with van der Waals surface area (Å²) in [5, 5.41) is 7.19. The molecule has 0 saturated carbocycles. The number of aromatic nitrogens is 3. The van der Waals surface area contributed by atoms with Crippen molar-refractivity contribution in [1.82, 2.24) is 14.8 Å². The van der Waals surface area contributed by atoms with Gasteiger partial charge in [-0.15, -0.1) is 11.3 Å². The van der Waals surface area contributed by atoms with Gasteiger partial charge in [0.05, 0.1) is 11.4 Å². The fourth-order valence-corrected chi connectivity index (χ4v) is 3.79. The first-order valence-electron chi connectivity index (χ1n) is 9.40. The van der Waals surface area contributed by atoms with Gasteiger partial charge in [-0.1, -0.05) is 18.2 Å². The molecule has 2 aromatic carbocycles. The number of nitrogens with one attached hydrogen (secondary N) is 1. The van der Waals surface area contributed by atoms with Crippen molar-refractivity contribution in [1.29, 1.82) is 0 Å². The van der Waals surface area contributed by atoms with Crippen molar-refractivity contribution in [2.45, 2.75) is 13.5 Å². The molecule has 0 saturated heterocycles. The molecule has 10 heteroatoms. The van der Waals surface area contributed by atoms with Crippen LogP contribution in [0.5, 0.6) is 5.75 Å². The lowest BCUT2D eigenvalue weighted by molar-refractivity contribution is -0.0498. The van der Waals surface area contributed by atoms with Gasteiger partial charge in [-0.25, -0.2) is 4.98 Å². The van der Waals surface area contributed by atoms with E-state index in [0.717, 1.165) is 9.56 Å². The Morgan fingerprint density at radius 2 is 1.78 bits per heavy atom. The minimum Gasteiger partial charge on any atom is -0.435 e. The maximum absolute atomic E-state index is 12.7. The van der Waals surface area contributed by atoms with E-state index in [0.29, 0.717) is 22.1 Å². The van der Waals surface area contributed by atoms with E-state index in [1.807, 2.05) is 13.0 Å². The van der Waals surface area contributed by atoms with Crippen molar-refractivity contribution in [3.8, 4) is 22.7 Å². The summed E-state index contributed by atoms with van der Waals surface area (Å²) in [5.74, 6) is -0.472. The lowest BCUT2D eigenvalue weighted by atomic mass is 10.1. The molecule has 0 aliphatic carbocycles. The molecule has 1 amide bonds. The molecule has 0 bridgehead atoms. The number of hydrogen-bond acceptors (Lipinski definition) is 6. The maximum atomic E-state index is 12.7. The molecule has 0 aliphatic rings. The summed E-state index contributed by atoms with van der Waals surface area (Å²) >= 11 is 1.26. The van der Waals surface area contributed by atoms with Crippen LogP contribution in [0.1, 0.15) is 15.4 Å². The summed E-state index contributed by atoms with van der Waals surface area (Å²) < 4.78 is 30.1. The molecule has 0 atom stereocenters. The fourth-order valence-electron chi connectivity index (χ4n) is 2.96. The number of rotatable bonds is 6. The lowest BCUT2D eigenvalue weighted by Gasteiger charge is -2.06. The third kappa shape index (κ3) is 4.70. The van der Waals surface area contributed by atoms with Gasteiger partial charge < -0.3 is 4.74 Å². The Morgan fingerprint density at radius 3 is 2.47 bits per heavy atom. The molecule has 162 valence electrons. The van der Waals surface area contributed by atoms with Crippen LogP contribution in [0, 0.1) is 6.92 Å². The first kappa shape index (κ1) is 21.3. The number of aryl methyl sites for hydroxylation is 1. The summed E-state index contributed by atoms with van der Waals surface area (Å²) in [6, 6.07) is 17.5. The zero-order chi connectivity index (χ0) is 22.7. The second kappa shape index (κ2) is 9.06. The maximum Gasteiger partial charge on any atom is 0.387 e. The molecule has 2 heterocycles. The molecule has 0 spiro atoms. The van der Waals surface area contributed by atoms with Crippen molar-refractivity contribution in [3.63, 3.8) is 0 Å². The van der Waals surface area contributed by atoms with E-state index in [-0.39, 0.29) is 17.0 Å². The van der Waals surface area contributed by atoms with Crippen molar-refractivity contribution in [2.75, 3.05) is 5.32 Å². The van der Waals surface area contributed by atoms with Crippen molar-refractivity contribution in [3.05, 3.63) is 87.7 Å². The molecular formula is C22H16F2N4O3S. The van der Waals surface area contributed by atoms with Gasteiger partial charge in [-0.05, 0) is 49.4 Å². The molecular weight excluding hydrogens is 438 g/mol. The third-order valence-corrected chi connectivity index (χ3v) is 5.29. The number of carbonyl (C=O) groups excluding carboxylic acids is 1. The van der Waals surface area contributed by atoms with E-state index in [1.165, 1.54) is 35.6 Å². The number of benzene rings is 2. The van der Waals surface area contributed by atoms with Gasteiger partial charge in [0.15, 0.2) is 5.13 Å². The van der Waals surface area contributed by atoms with Gasteiger partial charge in [0.1, 0.15) is 11.4 Å². The summed E-state index contributed by atoms with van der Waals surface area (Å²) in [4.78, 5) is 30.1. The number of ether oxygens (including phenoxy) is 1. The molecule has 2 aromatic heterocycles. The van der Waals surface area contributed by atoms with Crippen LogP contribution >= 0.6 is 11.3 Å². The largest absolute Gasteiger partial charge is 0.435 e.